The molecular formula is C19H24N2O4S. The number of hydrogen-bond donors (Lipinski definition) is 1. The smallest absolute Gasteiger partial charge is 0.271 e. The zero-order valence-electron chi connectivity index (χ0n) is 15.1. The number of hydrogen-bond acceptors (Lipinski definition) is 4. The molecule has 0 saturated heterocycles. The summed E-state index contributed by atoms with van der Waals surface area (Å²) in [6, 6.07) is 10.9. The van der Waals surface area contributed by atoms with Gasteiger partial charge in [0.1, 0.15) is 0 Å². The van der Waals surface area contributed by atoms with Crippen LogP contribution in [0.15, 0.2) is 47.4 Å². The van der Waals surface area contributed by atoms with E-state index in [1.807, 2.05) is 12.1 Å². The third-order valence-corrected chi connectivity index (χ3v) is 5.61. The number of aryl methyl sites for hydroxylation is 2. The molecule has 0 aliphatic carbocycles. The standard InChI is InChI=1S/C19H24N2O4S/c1-3-4-5-6-7-16-9-12-18(13-10-16)26(24,25)20-19-14-17(21(22)23)11-8-15(19)2/h8-14,20H,3-7H2,1-2H3. The van der Waals surface area contributed by atoms with Crippen LogP contribution in [0.1, 0.15) is 43.7 Å². The second-order valence-corrected chi connectivity index (χ2v) is 8.00. The topological polar surface area (TPSA) is 89.3 Å². The fourth-order valence-corrected chi connectivity index (χ4v) is 3.75. The number of rotatable bonds is 9. The summed E-state index contributed by atoms with van der Waals surface area (Å²) < 4.78 is 27.6. The summed E-state index contributed by atoms with van der Waals surface area (Å²) >= 11 is 0. The molecule has 0 aliphatic heterocycles. The van der Waals surface area contributed by atoms with E-state index in [9.17, 15) is 18.5 Å². The summed E-state index contributed by atoms with van der Waals surface area (Å²) in [4.78, 5) is 10.5. The van der Waals surface area contributed by atoms with Crippen LogP contribution < -0.4 is 4.72 Å². The summed E-state index contributed by atoms with van der Waals surface area (Å²) in [5, 5.41) is 10.9. The summed E-state index contributed by atoms with van der Waals surface area (Å²) in [5.74, 6) is 0. The second kappa shape index (κ2) is 8.80. The van der Waals surface area contributed by atoms with Crippen molar-refractivity contribution in [3.63, 3.8) is 0 Å². The quantitative estimate of drug-likeness (QED) is 0.386. The highest BCUT2D eigenvalue weighted by Crippen LogP contribution is 2.25. The molecule has 6 nitrogen and oxygen atoms in total. The molecule has 0 aliphatic rings. The van der Waals surface area contributed by atoms with Crippen molar-refractivity contribution >= 4 is 21.4 Å². The highest BCUT2D eigenvalue weighted by atomic mass is 32.2. The van der Waals surface area contributed by atoms with Crippen molar-refractivity contribution in [3.05, 3.63) is 63.7 Å². The summed E-state index contributed by atoms with van der Waals surface area (Å²) in [6.45, 7) is 3.86. The van der Waals surface area contributed by atoms with Gasteiger partial charge in [0, 0.05) is 12.1 Å². The molecule has 0 radical (unpaired) electrons. The maximum atomic E-state index is 12.6. The molecule has 1 N–H and O–H groups in total. The summed E-state index contributed by atoms with van der Waals surface area (Å²) in [7, 11) is -3.80. The van der Waals surface area contributed by atoms with Crippen LogP contribution in [-0.4, -0.2) is 13.3 Å². The monoisotopic (exact) mass is 376 g/mol. The Hall–Kier alpha value is -2.41. The van der Waals surface area contributed by atoms with Crippen LogP contribution in [0.3, 0.4) is 0 Å². The first-order valence-corrected chi connectivity index (χ1v) is 10.2. The number of nitro benzene ring substituents is 1. The molecule has 0 fully saturated rings. The maximum Gasteiger partial charge on any atom is 0.271 e. The lowest BCUT2D eigenvalue weighted by Crippen LogP contribution is -2.14. The van der Waals surface area contributed by atoms with Crippen molar-refractivity contribution in [1.82, 2.24) is 0 Å². The van der Waals surface area contributed by atoms with E-state index in [1.54, 1.807) is 19.1 Å². The second-order valence-electron chi connectivity index (χ2n) is 6.32. The fraction of sp³-hybridized carbons (Fsp3) is 0.368. The van der Waals surface area contributed by atoms with Crippen LogP contribution in [-0.2, 0) is 16.4 Å². The number of sulfonamides is 1. The van der Waals surface area contributed by atoms with E-state index in [0.29, 0.717) is 5.56 Å². The van der Waals surface area contributed by atoms with E-state index in [4.69, 9.17) is 0 Å². The highest BCUT2D eigenvalue weighted by Gasteiger charge is 2.17. The van der Waals surface area contributed by atoms with Crippen molar-refractivity contribution < 1.29 is 13.3 Å². The van der Waals surface area contributed by atoms with Crippen molar-refractivity contribution in [3.8, 4) is 0 Å². The lowest BCUT2D eigenvalue weighted by atomic mass is 10.1. The first-order chi connectivity index (χ1) is 12.3. The Bertz CT molecular complexity index is 862. The van der Waals surface area contributed by atoms with Gasteiger partial charge in [0.05, 0.1) is 15.5 Å². The third-order valence-electron chi connectivity index (χ3n) is 4.23. The molecule has 2 rings (SSSR count). The Morgan fingerprint density at radius 1 is 1.04 bits per heavy atom. The van der Waals surface area contributed by atoms with Gasteiger partial charge in [0.2, 0.25) is 0 Å². The number of nitrogens with one attached hydrogen (secondary N) is 1. The molecule has 0 saturated carbocycles. The molecule has 0 heterocycles. The predicted molar refractivity (Wildman–Crippen MR) is 103 cm³/mol. The lowest BCUT2D eigenvalue weighted by molar-refractivity contribution is -0.384. The number of anilines is 1. The van der Waals surface area contributed by atoms with Crippen LogP contribution in [0.2, 0.25) is 0 Å². The molecule has 7 heteroatoms. The molecule has 0 spiro atoms. The van der Waals surface area contributed by atoms with Crippen molar-refractivity contribution in [2.75, 3.05) is 4.72 Å². The molecule has 0 unspecified atom stereocenters. The fourth-order valence-electron chi connectivity index (χ4n) is 2.63. The zero-order chi connectivity index (χ0) is 19.2. The predicted octanol–water partition coefficient (Wildman–Crippen LogP) is 4.83. The normalized spacial score (nSPS) is 11.3. The van der Waals surface area contributed by atoms with Crippen molar-refractivity contribution in [2.45, 2.75) is 50.8 Å². The first kappa shape index (κ1) is 19.9. The number of unbranched alkanes of at least 4 members (excludes halogenated alkanes) is 3. The zero-order valence-corrected chi connectivity index (χ0v) is 15.9. The van der Waals surface area contributed by atoms with Gasteiger partial charge in [-0.25, -0.2) is 8.42 Å². The summed E-state index contributed by atoms with van der Waals surface area (Å²) in [6.07, 6.45) is 5.58. The van der Waals surface area contributed by atoms with E-state index < -0.39 is 14.9 Å². The van der Waals surface area contributed by atoms with Crippen molar-refractivity contribution in [1.29, 1.82) is 0 Å². The van der Waals surface area contributed by atoms with Gasteiger partial charge < -0.3 is 0 Å². The Morgan fingerprint density at radius 2 is 1.73 bits per heavy atom. The Kier molecular flexibility index (Phi) is 6.74. The third kappa shape index (κ3) is 5.29. The van der Waals surface area contributed by atoms with Crippen LogP contribution >= 0.6 is 0 Å². The Morgan fingerprint density at radius 3 is 2.35 bits per heavy atom. The van der Waals surface area contributed by atoms with E-state index in [1.165, 1.54) is 37.5 Å². The SMILES string of the molecule is CCCCCCc1ccc(S(=O)(=O)Nc2cc([N+](=O)[O-])ccc2C)cc1. The maximum absolute atomic E-state index is 12.6. The minimum atomic E-state index is -3.80. The average Bonchev–Trinajstić information content (AvgIpc) is 2.60. The number of nitro groups is 1. The van der Waals surface area contributed by atoms with Crippen LogP contribution in [0.25, 0.3) is 0 Å². The van der Waals surface area contributed by atoms with Gasteiger partial charge in [0.25, 0.3) is 15.7 Å². The molecule has 0 amide bonds. The van der Waals surface area contributed by atoms with Gasteiger partial charge in [0.15, 0.2) is 0 Å². The molecule has 2 aromatic carbocycles. The molecule has 2 aromatic rings. The van der Waals surface area contributed by atoms with E-state index >= 15 is 0 Å². The van der Waals surface area contributed by atoms with Gasteiger partial charge in [-0.2, -0.15) is 0 Å². The van der Waals surface area contributed by atoms with Gasteiger partial charge in [-0.05, 0) is 43.0 Å². The van der Waals surface area contributed by atoms with Gasteiger partial charge in [-0.3, -0.25) is 14.8 Å². The van der Waals surface area contributed by atoms with Crippen LogP contribution in [0, 0.1) is 17.0 Å². The minimum Gasteiger partial charge on any atom is -0.279 e. The largest absolute Gasteiger partial charge is 0.279 e. The Labute approximate surface area is 154 Å². The van der Waals surface area contributed by atoms with Gasteiger partial charge in [-0.1, -0.05) is 44.4 Å². The molecule has 0 bridgehead atoms. The highest BCUT2D eigenvalue weighted by molar-refractivity contribution is 7.92. The van der Waals surface area contributed by atoms with Crippen LogP contribution in [0.4, 0.5) is 11.4 Å². The van der Waals surface area contributed by atoms with Crippen LogP contribution in [0.5, 0.6) is 0 Å². The number of nitrogens with zero attached hydrogens (tertiary/aromatic N) is 1. The molecule has 0 aromatic heterocycles. The molecule has 140 valence electrons. The number of non-ortho nitro benzene ring substituents is 1. The van der Waals surface area contributed by atoms with E-state index in [2.05, 4.69) is 11.6 Å². The Balaban J connectivity index is 2.13. The number of benzene rings is 2. The van der Waals surface area contributed by atoms with E-state index in [0.717, 1.165) is 18.4 Å². The first-order valence-electron chi connectivity index (χ1n) is 8.70. The van der Waals surface area contributed by atoms with E-state index in [-0.39, 0.29) is 16.3 Å². The van der Waals surface area contributed by atoms with Gasteiger partial charge >= 0.3 is 0 Å². The average molecular weight is 376 g/mol. The molecule has 0 atom stereocenters. The minimum absolute atomic E-state index is 0.140. The van der Waals surface area contributed by atoms with Gasteiger partial charge in [-0.15, -0.1) is 0 Å². The molecular weight excluding hydrogens is 352 g/mol. The molecule has 26 heavy (non-hydrogen) atoms. The lowest BCUT2D eigenvalue weighted by Gasteiger charge is -2.11. The summed E-state index contributed by atoms with van der Waals surface area (Å²) in [5.41, 5.74) is 1.77. The van der Waals surface area contributed by atoms with Crippen molar-refractivity contribution in [2.24, 2.45) is 0 Å².